The predicted molar refractivity (Wildman–Crippen MR) is 37.7 cm³/mol. The van der Waals surface area contributed by atoms with Crippen LogP contribution in [0.2, 0.25) is 0 Å². The molecule has 10 heavy (non-hydrogen) atoms. The van der Waals surface area contributed by atoms with Crippen LogP contribution >= 0.6 is 0 Å². The molecular weight excluding hydrogens is 128 g/mol. The van der Waals surface area contributed by atoms with Crippen molar-refractivity contribution in [3.05, 3.63) is 0 Å². The van der Waals surface area contributed by atoms with Crippen LogP contribution in [0.1, 0.15) is 26.2 Å². The summed E-state index contributed by atoms with van der Waals surface area (Å²) in [5, 5.41) is 9.07. The molecule has 0 aromatic carbocycles. The molecule has 2 aliphatic heterocycles. The quantitative estimate of drug-likeness (QED) is 0.590. The smallest absolute Gasteiger partial charge is 0.0656 e. The number of rotatable bonds is 1. The highest BCUT2D eigenvalue weighted by molar-refractivity contribution is 4.97. The second kappa shape index (κ2) is 1.95. The Morgan fingerprint density at radius 2 is 2.40 bits per heavy atom. The largest absolute Gasteiger partial charge is 0.396 e. The van der Waals surface area contributed by atoms with Gasteiger partial charge in [-0.1, -0.05) is 6.92 Å². The molecule has 0 aromatic rings. The van der Waals surface area contributed by atoms with Crippen molar-refractivity contribution in [3.8, 4) is 0 Å². The zero-order valence-electron chi connectivity index (χ0n) is 6.34. The normalized spacial score (nSPS) is 52.2. The van der Waals surface area contributed by atoms with E-state index in [0.717, 1.165) is 12.8 Å². The molecule has 2 rings (SSSR count). The Hall–Kier alpha value is -0.0800. The summed E-state index contributed by atoms with van der Waals surface area (Å²) in [6.45, 7) is 2.41. The summed E-state index contributed by atoms with van der Waals surface area (Å²) in [4.78, 5) is 0. The third-order valence-electron chi connectivity index (χ3n) is 2.94. The highest BCUT2D eigenvalue weighted by Crippen LogP contribution is 2.46. The van der Waals surface area contributed by atoms with E-state index in [0.29, 0.717) is 12.2 Å². The lowest BCUT2D eigenvalue weighted by molar-refractivity contribution is 0.0373. The predicted octanol–water partition coefficient (Wildman–Crippen LogP) is 0.936. The van der Waals surface area contributed by atoms with Crippen LogP contribution in [0, 0.1) is 5.41 Å². The minimum atomic E-state index is 0.0862. The van der Waals surface area contributed by atoms with Gasteiger partial charge in [-0.05, 0) is 19.3 Å². The number of aliphatic hydroxyl groups is 1. The fourth-order valence-corrected chi connectivity index (χ4v) is 2.19. The molecule has 0 radical (unpaired) electrons. The Labute approximate surface area is 61.2 Å². The van der Waals surface area contributed by atoms with Gasteiger partial charge >= 0.3 is 0 Å². The number of hydrogen-bond donors (Lipinski definition) is 1. The van der Waals surface area contributed by atoms with Gasteiger partial charge in [0.15, 0.2) is 0 Å². The maximum atomic E-state index is 9.07. The number of fused-ring (bicyclic) bond motifs is 2. The van der Waals surface area contributed by atoms with E-state index in [1.54, 1.807) is 0 Å². The summed E-state index contributed by atoms with van der Waals surface area (Å²) >= 11 is 0. The molecule has 1 N–H and O–H groups in total. The zero-order valence-corrected chi connectivity index (χ0v) is 6.34. The minimum absolute atomic E-state index is 0.0862. The molecule has 2 saturated heterocycles. The van der Waals surface area contributed by atoms with Crippen molar-refractivity contribution >= 4 is 0 Å². The van der Waals surface area contributed by atoms with Gasteiger partial charge in [0.2, 0.25) is 0 Å². The summed E-state index contributed by atoms with van der Waals surface area (Å²) in [6, 6.07) is 0. The van der Waals surface area contributed by atoms with Crippen molar-refractivity contribution in [1.29, 1.82) is 0 Å². The average molecular weight is 142 g/mol. The second-order valence-electron chi connectivity index (χ2n) is 3.84. The van der Waals surface area contributed by atoms with E-state index in [4.69, 9.17) is 9.84 Å². The molecule has 0 saturated carbocycles. The van der Waals surface area contributed by atoms with Gasteiger partial charge < -0.3 is 9.84 Å². The molecule has 3 atom stereocenters. The van der Waals surface area contributed by atoms with Crippen LogP contribution in [-0.2, 0) is 4.74 Å². The van der Waals surface area contributed by atoms with Crippen molar-refractivity contribution in [2.45, 2.75) is 38.4 Å². The van der Waals surface area contributed by atoms with E-state index in [9.17, 15) is 0 Å². The molecule has 3 unspecified atom stereocenters. The summed E-state index contributed by atoms with van der Waals surface area (Å²) in [6.07, 6.45) is 4.24. The highest BCUT2D eigenvalue weighted by atomic mass is 16.5. The van der Waals surface area contributed by atoms with Gasteiger partial charge in [0.1, 0.15) is 0 Å². The number of ether oxygens (including phenoxy) is 1. The monoisotopic (exact) mass is 142 g/mol. The van der Waals surface area contributed by atoms with E-state index in [1.807, 2.05) is 0 Å². The molecule has 0 aromatic heterocycles. The Bertz CT molecular complexity index is 146. The Morgan fingerprint density at radius 1 is 1.60 bits per heavy atom. The standard InChI is InChI=1S/C8H14O2/c1-8(5-9)4-6-2-3-7(8)10-6/h6-7,9H,2-5H2,1H3. The van der Waals surface area contributed by atoms with Gasteiger partial charge in [-0.15, -0.1) is 0 Å². The van der Waals surface area contributed by atoms with Crippen molar-refractivity contribution in [1.82, 2.24) is 0 Å². The zero-order chi connectivity index (χ0) is 7.19. The maximum absolute atomic E-state index is 9.07. The summed E-state index contributed by atoms with van der Waals surface area (Å²) in [5.74, 6) is 0. The molecule has 2 bridgehead atoms. The molecule has 0 aliphatic carbocycles. The van der Waals surface area contributed by atoms with Crippen LogP contribution in [0.3, 0.4) is 0 Å². The molecule has 2 aliphatic rings. The van der Waals surface area contributed by atoms with Crippen LogP contribution < -0.4 is 0 Å². The molecule has 2 heterocycles. The van der Waals surface area contributed by atoms with E-state index < -0.39 is 0 Å². The SMILES string of the molecule is CC1(CO)CC2CCC1O2. The van der Waals surface area contributed by atoms with Crippen LogP contribution in [0.15, 0.2) is 0 Å². The van der Waals surface area contributed by atoms with E-state index in [1.165, 1.54) is 6.42 Å². The summed E-state index contributed by atoms with van der Waals surface area (Å²) < 4.78 is 5.62. The van der Waals surface area contributed by atoms with Gasteiger partial charge in [-0.25, -0.2) is 0 Å². The molecular formula is C8H14O2. The Morgan fingerprint density at radius 3 is 2.70 bits per heavy atom. The molecule has 2 fully saturated rings. The Balaban J connectivity index is 2.14. The lowest BCUT2D eigenvalue weighted by atomic mass is 9.76. The van der Waals surface area contributed by atoms with Gasteiger partial charge in [0, 0.05) is 5.41 Å². The molecule has 2 nitrogen and oxygen atoms in total. The first kappa shape index (κ1) is 6.62. The van der Waals surface area contributed by atoms with Crippen molar-refractivity contribution in [3.63, 3.8) is 0 Å². The van der Waals surface area contributed by atoms with Gasteiger partial charge in [0.25, 0.3) is 0 Å². The van der Waals surface area contributed by atoms with E-state index in [-0.39, 0.29) is 12.0 Å². The Kier molecular flexibility index (Phi) is 1.29. The highest BCUT2D eigenvalue weighted by Gasteiger charge is 2.48. The average Bonchev–Trinajstić information content (AvgIpc) is 2.46. The van der Waals surface area contributed by atoms with E-state index >= 15 is 0 Å². The first-order valence-electron chi connectivity index (χ1n) is 4.01. The van der Waals surface area contributed by atoms with Crippen LogP contribution in [0.25, 0.3) is 0 Å². The maximum Gasteiger partial charge on any atom is 0.0656 e. The second-order valence-corrected chi connectivity index (χ2v) is 3.84. The molecule has 2 heteroatoms. The molecule has 58 valence electrons. The lowest BCUT2D eigenvalue weighted by Gasteiger charge is -2.28. The van der Waals surface area contributed by atoms with Crippen molar-refractivity contribution in [2.24, 2.45) is 5.41 Å². The summed E-state index contributed by atoms with van der Waals surface area (Å²) in [5.41, 5.74) is 0.0862. The van der Waals surface area contributed by atoms with Crippen molar-refractivity contribution < 1.29 is 9.84 Å². The number of aliphatic hydroxyl groups excluding tert-OH is 1. The topological polar surface area (TPSA) is 29.5 Å². The van der Waals surface area contributed by atoms with Crippen molar-refractivity contribution in [2.75, 3.05) is 6.61 Å². The van der Waals surface area contributed by atoms with E-state index in [2.05, 4.69) is 6.92 Å². The fourth-order valence-electron chi connectivity index (χ4n) is 2.19. The fraction of sp³-hybridized carbons (Fsp3) is 1.00. The van der Waals surface area contributed by atoms with Gasteiger partial charge in [0.05, 0.1) is 18.8 Å². The molecule has 0 amide bonds. The third-order valence-corrected chi connectivity index (χ3v) is 2.94. The van der Waals surface area contributed by atoms with Crippen LogP contribution in [0.5, 0.6) is 0 Å². The van der Waals surface area contributed by atoms with Crippen LogP contribution in [-0.4, -0.2) is 23.9 Å². The third kappa shape index (κ3) is 0.722. The minimum Gasteiger partial charge on any atom is -0.396 e. The van der Waals surface area contributed by atoms with Gasteiger partial charge in [-0.3, -0.25) is 0 Å². The lowest BCUT2D eigenvalue weighted by Crippen LogP contribution is -2.32. The summed E-state index contributed by atoms with van der Waals surface area (Å²) in [7, 11) is 0. The first-order chi connectivity index (χ1) is 4.74. The number of hydrogen-bond acceptors (Lipinski definition) is 2. The van der Waals surface area contributed by atoms with Crippen LogP contribution in [0.4, 0.5) is 0 Å². The van der Waals surface area contributed by atoms with Gasteiger partial charge in [-0.2, -0.15) is 0 Å². The first-order valence-corrected chi connectivity index (χ1v) is 4.01. The molecule has 0 spiro atoms.